The van der Waals surface area contributed by atoms with Crippen molar-refractivity contribution in [1.82, 2.24) is 10.7 Å². The molecule has 1 unspecified atom stereocenters. The molecular formula is C18H21N3O2S. The second kappa shape index (κ2) is 8.98. The van der Waals surface area contributed by atoms with Crippen molar-refractivity contribution in [2.24, 2.45) is 11.0 Å². The minimum absolute atomic E-state index is 0.0378. The molecule has 0 radical (unpaired) electrons. The van der Waals surface area contributed by atoms with Crippen LogP contribution in [0.1, 0.15) is 24.3 Å². The van der Waals surface area contributed by atoms with E-state index < -0.39 is 6.04 Å². The molecule has 0 spiro atoms. The molecule has 24 heavy (non-hydrogen) atoms. The highest BCUT2D eigenvalue weighted by atomic mass is 32.1. The quantitative estimate of drug-likeness (QED) is 0.599. The highest BCUT2D eigenvalue weighted by Gasteiger charge is 2.24. The fourth-order valence-electron chi connectivity index (χ4n) is 2.11. The maximum absolute atomic E-state index is 12.3. The number of hydrazone groups is 1. The fraction of sp³-hybridized carbons (Fsp3) is 0.278. The number of benzene rings is 1. The van der Waals surface area contributed by atoms with Gasteiger partial charge in [-0.3, -0.25) is 9.59 Å². The zero-order valence-corrected chi connectivity index (χ0v) is 14.5. The van der Waals surface area contributed by atoms with Crippen molar-refractivity contribution in [3.05, 3.63) is 58.3 Å². The first-order valence-electron chi connectivity index (χ1n) is 7.76. The van der Waals surface area contributed by atoms with E-state index in [9.17, 15) is 9.59 Å². The van der Waals surface area contributed by atoms with E-state index in [-0.39, 0.29) is 24.2 Å². The predicted molar refractivity (Wildman–Crippen MR) is 97.0 cm³/mol. The number of thiophene rings is 1. The maximum Gasteiger partial charge on any atom is 0.262 e. The Labute approximate surface area is 145 Å². The second-order valence-electron chi connectivity index (χ2n) is 5.69. The number of amides is 2. The summed E-state index contributed by atoms with van der Waals surface area (Å²) in [6.45, 7) is 3.77. The number of carbonyl (C=O) groups is 2. The average molecular weight is 343 g/mol. The molecule has 6 heteroatoms. The van der Waals surface area contributed by atoms with Gasteiger partial charge in [-0.05, 0) is 22.9 Å². The van der Waals surface area contributed by atoms with E-state index >= 15 is 0 Å². The minimum atomic E-state index is -0.620. The molecule has 0 saturated heterocycles. The van der Waals surface area contributed by atoms with E-state index in [1.807, 2.05) is 61.7 Å². The van der Waals surface area contributed by atoms with Crippen LogP contribution in [0.15, 0.2) is 52.9 Å². The molecule has 1 heterocycles. The van der Waals surface area contributed by atoms with Crippen molar-refractivity contribution in [3.8, 4) is 0 Å². The molecular weight excluding hydrogens is 322 g/mol. The van der Waals surface area contributed by atoms with E-state index in [2.05, 4.69) is 15.8 Å². The average Bonchev–Trinajstić information content (AvgIpc) is 3.06. The first kappa shape index (κ1) is 17.9. The zero-order chi connectivity index (χ0) is 17.4. The van der Waals surface area contributed by atoms with Crippen molar-refractivity contribution < 1.29 is 9.59 Å². The topological polar surface area (TPSA) is 70.6 Å². The Kier molecular flexibility index (Phi) is 6.69. The van der Waals surface area contributed by atoms with Crippen LogP contribution in [0.2, 0.25) is 0 Å². The van der Waals surface area contributed by atoms with Gasteiger partial charge in [0.2, 0.25) is 5.91 Å². The van der Waals surface area contributed by atoms with Gasteiger partial charge in [0, 0.05) is 4.88 Å². The highest BCUT2D eigenvalue weighted by molar-refractivity contribution is 7.10. The summed E-state index contributed by atoms with van der Waals surface area (Å²) in [5.74, 6) is -0.528. The first-order valence-corrected chi connectivity index (χ1v) is 8.64. The number of hydrogen-bond acceptors (Lipinski definition) is 4. The van der Waals surface area contributed by atoms with Gasteiger partial charge < -0.3 is 5.32 Å². The minimum Gasteiger partial charge on any atom is -0.344 e. The van der Waals surface area contributed by atoms with Crippen molar-refractivity contribution in [2.75, 3.05) is 0 Å². The van der Waals surface area contributed by atoms with Crippen LogP contribution in [0.5, 0.6) is 0 Å². The lowest BCUT2D eigenvalue weighted by atomic mass is 10.0. The molecule has 2 amide bonds. The third-order valence-electron chi connectivity index (χ3n) is 3.37. The summed E-state index contributed by atoms with van der Waals surface area (Å²) in [5.41, 5.74) is 3.38. The maximum atomic E-state index is 12.3. The molecule has 1 atom stereocenters. The molecule has 0 aliphatic rings. The number of hydrogen-bond donors (Lipinski definition) is 2. The van der Waals surface area contributed by atoms with Crippen LogP contribution in [0.25, 0.3) is 0 Å². The van der Waals surface area contributed by atoms with Gasteiger partial charge >= 0.3 is 0 Å². The number of nitrogens with one attached hydrogen (secondary N) is 2. The molecule has 126 valence electrons. The van der Waals surface area contributed by atoms with Crippen molar-refractivity contribution >= 4 is 29.4 Å². The zero-order valence-electron chi connectivity index (χ0n) is 13.7. The van der Waals surface area contributed by atoms with Crippen LogP contribution in [0.3, 0.4) is 0 Å². The summed E-state index contributed by atoms with van der Waals surface area (Å²) in [6.07, 6.45) is 1.85. The lowest BCUT2D eigenvalue weighted by Gasteiger charge is -2.20. The monoisotopic (exact) mass is 343 g/mol. The SMILES string of the molecule is CC(C)C(NC(=O)Cc1cccs1)C(=O)NN=Cc1ccccc1. The van der Waals surface area contributed by atoms with Crippen LogP contribution in [-0.2, 0) is 16.0 Å². The van der Waals surface area contributed by atoms with Gasteiger partial charge in [-0.25, -0.2) is 5.43 Å². The van der Waals surface area contributed by atoms with E-state index in [1.165, 1.54) is 11.3 Å². The Balaban J connectivity index is 1.90. The third kappa shape index (κ3) is 5.62. The summed E-state index contributed by atoms with van der Waals surface area (Å²) in [7, 11) is 0. The van der Waals surface area contributed by atoms with Gasteiger partial charge in [0.25, 0.3) is 5.91 Å². The Hall–Kier alpha value is -2.47. The van der Waals surface area contributed by atoms with E-state index in [0.717, 1.165) is 10.4 Å². The van der Waals surface area contributed by atoms with Gasteiger partial charge in [-0.15, -0.1) is 11.3 Å². The lowest BCUT2D eigenvalue weighted by molar-refractivity contribution is -0.129. The number of rotatable bonds is 7. The Bertz CT molecular complexity index is 682. The molecule has 1 aromatic carbocycles. The molecule has 0 aliphatic heterocycles. The Morgan fingerprint density at radius 1 is 1.17 bits per heavy atom. The standard InChI is InChI=1S/C18H21N3O2S/c1-13(2)17(20-16(22)11-15-9-6-10-24-15)18(23)21-19-12-14-7-4-3-5-8-14/h3-10,12-13,17H,11H2,1-2H3,(H,20,22)(H,21,23). The van der Waals surface area contributed by atoms with Gasteiger partial charge in [0.1, 0.15) is 6.04 Å². The van der Waals surface area contributed by atoms with E-state index in [0.29, 0.717) is 0 Å². The normalized spacial score (nSPS) is 12.3. The molecule has 2 aromatic rings. The van der Waals surface area contributed by atoms with Crippen molar-refractivity contribution in [1.29, 1.82) is 0 Å². The molecule has 2 N–H and O–H groups in total. The number of nitrogens with zero attached hydrogens (tertiary/aromatic N) is 1. The smallest absolute Gasteiger partial charge is 0.262 e. The Morgan fingerprint density at radius 3 is 2.54 bits per heavy atom. The molecule has 1 aromatic heterocycles. The van der Waals surface area contributed by atoms with Gasteiger partial charge in [-0.1, -0.05) is 50.2 Å². The Morgan fingerprint density at radius 2 is 1.92 bits per heavy atom. The molecule has 0 aliphatic carbocycles. The summed E-state index contributed by atoms with van der Waals surface area (Å²) >= 11 is 1.52. The van der Waals surface area contributed by atoms with Gasteiger partial charge in [-0.2, -0.15) is 5.10 Å². The van der Waals surface area contributed by atoms with Crippen molar-refractivity contribution in [2.45, 2.75) is 26.3 Å². The van der Waals surface area contributed by atoms with Crippen LogP contribution in [0.4, 0.5) is 0 Å². The van der Waals surface area contributed by atoms with Gasteiger partial charge in [0.05, 0.1) is 12.6 Å². The molecule has 2 rings (SSSR count). The fourth-order valence-corrected chi connectivity index (χ4v) is 2.81. The molecule has 0 fully saturated rings. The largest absolute Gasteiger partial charge is 0.344 e. The summed E-state index contributed by atoms with van der Waals surface area (Å²) in [6, 6.07) is 12.7. The summed E-state index contributed by atoms with van der Waals surface area (Å²) in [5, 5.41) is 8.66. The predicted octanol–water partition coefficient (Wildman–Crippen LogP) is 2.58. The number of carbonyl (C=O) groups excluding carboxylic acids is 2. The lowest BCUT2D eigenvalue weighted by Crippen LogP contribution is -2.49. The van der Waals surface area contributed by atoms with Crippen LogP contribution < -0.4 is 10.7 Å². The third-order valence-corrected chi connectivity index (χ3v) is 4.24. The van der Waals surface area contributed by atoms with Crippen molar-refractivity contribution in [3.63, 3.8) is 0 Å². The van der Waals surface area contributed by atoms with Crippen LogP contribution in [-0.4, -0.2) is 24.1 Å². The van der Waals surface area contributed by atoms with Crippen LogP contribution >= 0.6 is 11.3 Å². The second-order valence-corrected chi connectivity index (χ2v) is 6.72. The van der Waals surface area contributed by atoms with Gasteiger partial charge in [0.15, 0.2) is 0 Å². The summed E-state index contributed by atoms with van der Waals surface area (Å²) in [4.78, 5) is 25.3. The van der Waals surface area contributed by atoms with Crippen LogP contribution in [0, 0.1) is 5.92 Å². The highest BCUT2D eigenvalue weighted by Crippen LogP contribution is 2.10. The first-order chi connectivity index (χ1) is 11.6. The molecule has 0 saturated carbocycles. The summed E-state index contributed by atoms with van der Waals surface area (Å²) < 4.78 is 0. The molecule has 5 nitrogen and oxygen atoms in total. The van der Waals surface area contributed by atoms with E-state index in [4.69, 9.17) is 0 Å². The van der Waals surface area contributed by atoms with E-state index in [1.54, 1.807) is 6.21 Å². The molecule has 0 bridgehead atoms.